The Kier molecular flexibility index (Phi) is 5.40. The van der Waals surface area contributed by atoms with E-state index in [4.69, 9.17) is 4.74 Å². The number of ether oxygens (including phenoxy) is 1. The maximum absolute atomic E-state index is 14.1. The van der Waals surface area contributed by atoms with Gasteiger partial charge in [-0.25, -0.2) is 14.0 Å². The quantitative estimate of drug-likeness (QED) is 0.219. The molecule has 0 aliphatic heterocycles. The van der Waals surface area contributed by atoms with Gasteiger partial charge in [-0.1, -0.05) is 12.1 Å². The van der Waals surface area contributed by atoms with Gasteiger partial charge in [0.25, 0.3) is 5.69 Å². The van der Waals surface area contributed by atoms with Crippen molar-refractivity contribution in [1.29, 1.82) is 0 Å². The number of methoxy groups -OCH3 is 1. The molecule has 0 amide bonds. The SMILES string of the molecule is COc1cc(/C=N/Nc2nc3nonc3nc2Nc2ccccc2F)c([N+](=O)[O-])cc1O. The number of hydrogen-bond donors (Lipinski definition) is 3. The number of hydrazone groups is 1. The first kappa shape index (κ1) is 20.4. The third kappa shape index (κ3) is 4.04. The second-order valence-corrected chi connectivity index (χ2v) is 6.15. The number of fused-ring (bicyclic) bond motifs is 1. The van der Waals surface area contributed by atoms with Gasteiger partial charge in [0, 0.05) is 0 Å². The predicted molar refractivity (Wildman–Crippen MR) is 110 cm³/mol. The number of nitrogens with zero attached hydrogens (tertiary/aromatic N) is 6. The summed E-state index contributed by atoms with van der Waals surface area (Å²) in [4.78, 5) is 18.9. The van der Waals surface area contributed by atoms with Gasteiger partial charge in [0.05, 0.1) is 35.6 Å². The molecular formula is C18H13FN8O5. The fraction of sp³-hybridized carbons (Fsp3) is 0.0556. The number of hydrogen-bond acceptors (Lipinski definition) is 12. The number of nitro benzene ring substituents is 1. The first-order chi connectivity index (χ1) is 15.5. The lowest BCUT2D eigenvalue weighted by Crippen LogP contribution is -2.04. The van der Waals surface area contributed by atoms with Crippen LogP contribution in [0.2, 0.25) is 0 Å². The van der Waals surface area contributed by atoms with E-state index in [-0.39, 0.29) is 39.9 Å². The number of nitrogens with one attached hydrogen (secondary N) is 2. The number of para-hydroxylation sites is 1. The number of aromatic nitrogens is 4. The maximum Gasteiger partial charge on any atom is 0.282 e. The second-order valence-electron chi connectivity index (χ2n) is 6.15. The molecule has 2 heterocycles. The summed E-state index contributed by atoms with van der Waals surface area (Å²) in [5, 5.41) is 35.0. The Morgan fingerprint density at radius 2 is 1.94 bits per heavy atom. The van der Waals surface area contributed by atoms with Crippen molar-refractivity contribution in [2.24, 2.45) is 5.10 Å². The molecule has 14 heteroatoms. The summed E-state index contributed by atoms with van der Waals surface area (Å²) in [5.74, 6) is -0.840. The van der Waals surface area contributed by atoms with Crippen LogP contribution in [0.1, 0.15) is 5.56 Å². The average molecular weight is 440 g/mol. The minimum absolute atomic E-state index is 0.0149. The molecule has 4 rings (SSSR count). The number of benzene rings is 2. The molecule has 0 fully saturated rings. The van der Waals surface area contributed by atoms with E-state index in [0.29, 0.717) is 0 Å². The largest absolute Gasteiger partial charge is 0.504 e. The first-order valence-electron chi connectivity index (χ1n) is 8.82. The minimum Gasteiger partial charge on any atom is -0.504 e. The van der Waals surface area contributed by atoms with E-state index >= 15 is 0 Å². The highest BCUT2D eigenvalue weighted by Gasteiger charge is 2.18. The summed E-state index contributed by atoms with van der Waals surface area (Å²) in [6, 6.07) is 8.08. The van der Waals surface area contributed by atoms with Crippen molar-refractivity contribution in [3.8, 4) is 11.5 Å². The van der Waals surface area contributed by atoms with Crippen molar-refractivity contribution in [3.63, 3.8) is 0 Å². The lowest BCUT2D eigenvalue weighted by molar-refractivity contribution is -0.385. The van der Waals surface area contributed by atoms with Crippen molar-refractivity contribution < 1.29 is 23.8 Å². The molecule has 0 aliphatic carbocycles. The molecule has 0 aliphatic rings. The minimum atomic E-state index is -0.682. The summed E-state index contributed by atoms with van der Waals surface area (Å²) in [6.45, 7) is 0. The predicted octanol–water partition coefficient (Wildman–Crippen LogP) is 2.96. The fourth-order valence-corrected chi connectivity index (χ4v) is 2.65. The van der Waals surface area contributed by atoms with E-state index in [2.05, 4.69) is 40.8 Å². The highest BCUT2D eigenvalue weighted by Crippen LogP contribution is 2.33. The van der Waals surface area contributed by atoms with Crippen LogP contribution in [0.3, 0.4) is 0 Å². The molecular weight excluding hydrogens is 427 g/mol. The van der Waals surface area contributed by atoms with E-state index in [0.717, 1.165) is 12.3 Å². The molecule has 0 radical (unpaired) electrons. The highest BCUT2D eigenvalue weighted by atomic mass is 19.1. The Bertz CT molecular complexity index is 1340. The molecule has 13 nitrogen and oxygen atoms in total. The molecule has 0 spiro atoms. The number of phenols is 1. The Morgan fingerprint density at radius 3 is 2.62 bits per heavy atom. The maximum atomic E-state index is 14.1. The van der Waals surface area contributed by atoms with Crippen molar-refractivity contribution >= 4 is 40.5 Å². The Labute approximate surface area is 177 Å². The van der Waals surface area contributed by atoms with Crippen LogP contribution >= 0.6 is 0 Å². The van der Waals surface area contributed by atoms with Crippen molar-refractivity contribution in [1.82, 2.24) is 20.3 Å². The topological polar surface area (TPSA) is 174 Å². The zero-order valence-corrected chi connectivity index (χ0v) is 16.2. The van der Waals surface area contributed by atoms with E-state index < -0.39 is 22.2 Å². The van der Waals surface area contributed by atoms with Crippen LogP contribution in [-0.4, -0.2) is 43.6 Å². The molecule has 3 N–H and O–H groups in total. The van der Waals surface area contributed by atoms with Gasteiger partial charge in [-0.2, -0.15) is 10.1 Å². The van der Waals surface area contributed by atoms with Crippen LogP contribution in [0.5, 0.6) is 11.5 Å². The van der Waals surface area contributed by atoms with Gasteiger partial charge in [-0.15, -0.1) is 0 Å². The normalized spacial score (nSPS) is 11.1. The summed E-state index contributed by atoms with van der Waals surface area (Å²) < 4.78 is 23.6. The van der Waals surface area contributed by atoms with Crippen LogP contribution < -0.4 is 15.5 Å². The van der Waals surface area contributed by atoms with Crippen LogP contribution in [0.25, 0.3) is 11.3 Å². The van der Waals surface area contributed by atoms with Gasteiger partial charge >= 0.3 is 0 Å². The van der Waals surface area contributed by atoms with Gasteiger partial charge in [-0.3, -0.25) is 15.5 Å². The van der Waals surface area contributed by atoms with Gasteiger partial charge in [0.2, 0.25) is 11.3 Å². The third-order valence-corrected chi connectivity index (χ3v) is 4.14. The number of phenolic OH excluding ortho intramolecular Hbond substituents is 1. The standard InChI is InChI=1S/C18H13FN8O5/c1-31-14-6-9(12(27(29)30)7-13(14)28)8-20-24-16-15(21-11-5-3-2-4-10(11)19)22-17-18(23-16)26-32-25-17/h2-8,28H,1H3,(H,21,22,25)(H,23,24,26)/b20-8+. The molecule has 2 aromatic carbocycles. The summed E-state index contributed by atoms with van der Waals surface area (Å²) in [6.07, 6.45) is 1.12. The smallest absolute Gasteiger partial charge is 0.282 e. The van der Waals surface area contributed by atoms with Crippen molar-refractivity contribution in [2.45, 2.75) is 0 Å². The lowest BCUT2D eigenvalue weighted by atomic mass is 10.1. The second kappa shape index (κ2) is 8.47. The average Bonchev–Trinajstić information content (AvgIpc) is 3.23. The van der Waals surface area contributed by atoms with E-state index in [1.807, 2.05) is 0 Å². The monoisotopic (exact) mass is 440 g/mol. The zero-order valence-electron chi connectivity index (χ0n) is 16.2. The number of anilines is 3. The highest BCUT2D eigenvalue weighted by molar-refractivity contribution is 5.87. The third-order valence-electron chi connectivity index (χ3n) is 4.14. The van der Waals surface area contributed by atoms with Crippen LogP contribution in [-0.2, 0) is 0 Å². The van der Waals surface area contributed by atoms with Crippen molar-refractivity contribution in [2.75, 3.05) is 17.9 Å². The molecule has 0 bridgehead atoms. The molecule has 4 aromatic rings. The van der Waals surface area contributed by atoms with Crippen molar-refractivity contribution in [3.05, 3.63) is 57.9 Å². The van der Waals surface area contributed by atoms with E-state index in [9.17, 15) is 19.6 Å². The zero-order chi connectivity index (χ0) is 22.7. The van der Waals surface area contributed by atoms with Crippen LogP contribution in [0.15, 0.2) is 46.1 Å². The molecule has 0 saturated carbocycles. The molecule has 2 aromatic heterocycles. The van der Waals surface area contributed by atoms with Gasteiger partial charge in [0.15, 0.2) is 23.1 Å². The van der Waals surface area contributed by atoms with Crippen LogP contribution in [0.4, 0.5) is 27.4 Å². The molecule has 162 valence electrons. The Morgan fingerprint density at radius 1 is 1.22 bits per heavy atom. The molecule has 0 atom stereocenters. The number of rotatable bonds is 7. The van der Waals surface area contributed by atoms with Gasteiger partial charge < -0.3 is 15.2 Å². The lowest BCUT2D eigenvalue weighted by Gasteiger charge is -2.10. The Hall–Kier alpha value is -4.88. The van der Waals surface area contributed by atoms with Gasteiger partial charge in [0.1, 0.15) is 5.82 Å². The van der Waals surface area contributed by atoms with Gasteiger partial charge in [-0.05, 0) is 28.5 Å². The molecule has 0 unspecified atom stereocenters. The number of halogens is 1. The van der Waals surface area contributed by atoms with E-state index in [1.165, 1.54) is 31.4 Å². The summed E-state index contributed by atoms with van der Waals surface area (Å²) in [7, 11) is 1.30. The molecule has 32 heavy (non-hydrogen) atoms. The number of aromatic hydroxyl groups is 1. The van der Waals surface area contributed by atoms with E-state index in [1.54, 1.807) is 6.07 Å². The Balaban J connectivity index is 1.68. The fourth-order valence-electron chi connectivity index (χ4n) is 2.65. The van der Waals surface area contributed by atoms with Crippen LogP contribution in [0, 0.1) is 15.9 Å². The summed E-state index contributed by atoms with van der Waals surface area (Å²) in [5.41, 5.74) is 2.45. The summed E-state index contributed by atoms with van der Waals surface area (Å²) >= 11 is 0. The number of nitro groups is 1. The molecule has 0 saturated heterocycles. The first-order valence-corrected chi connectivity index (χ1v) is 8.82.